The molecule has 2 aromatic rings. The topological polar surface area (TPSA) is 43.8 Å². The largest absolute Gasteiger partial charge is 0.324 e. The molecule has 4 heteroatoms. The van der Waals surface area contributed by atoms with Gasteiger partial charge >= 0.3 is 0 Å². The predicted octanol–water partition coefficient (Wildman–Crippen LogP) is 2.71. The normalized spacial score (nSPS) is 12.7. The maximum atomic E-state index is 5.78. The van der Waals surface area contributed by atoms with Crippen molar-refractivity contribution in [2.75, 3.05) is 0 Å². The van der Waals surface area contributed by atoms with E-state index in [9.17, 15) is 0 Å². The summed E-state index contributed by atoms with van der Waals surface area (Å²) in [4.78, 5) is 0. The van der Waals surface area contributed by atoms with Crippen LogP contribution in [0, 0.1) is 0 Å². The third kappa shape index (κ3) is 2.71. The Morgan fingerprint density at radius 1 is 1.38 bits per heavy atom. The van der Waals surface area contributed by atoms with E-state index in [1.54, 1.807) is 0 Å². The molecule has 2 N–H and O–H groups in total. The smallest absolute Gasteiger partial charge is 0.0659 e. The Morgan fingerprint density at radius 3 is 2.62 bits per heavy atom. The highest BCUT2D eigenvalue weighted by Crippen LogP contribution is 2.12. The number of aromatic nitrogens is 2. The van der Waals surface area contributed by atoms with Gasteiger partial charge in [-0.05, 0) is 24.6 Å². The van der Waals surface area contributed by atoms with E-state index in [1.165, 1.54) is 5.56 Å². The molecule has 1 unspecified atom stereocenters. The van der Waals surface area contributed by atoms with E-state index < -0.39 is 0 Å². The molecule has 1 atom stereocenters. The quantitative estimate of drug-likeness (QED) is 0.939. The van der Waals surface area contributed by atoms with Gasteiger partial charge in [-0.1, -0.05) is 28.1 Å². The molecule has 1 aromatic heterocycles. The van der Waals surface area contributed by atoms with Gasteiger partial charge in [0.2, 0.25) is 0 Å². The summed E-state index contributed by atoms with van der Waals surface area (Å²) in [6.45, 7) is 2.74. The fraction of sp³-hybridized carbons (Fsp3) is 0.250. The molecule has 0 saturated carbocycles. The molecule has 0 saturated heterocycles. The van der Waals surface area contributed by atoms with Crippen molar-refractivity contribution >= 4 is 15.9 Å². The number of benzene rings is 1. The number of halogens is 1. The van der Waals surface area contributed by atoms with Crippen molar-refractivity contribution in [2.45, 2.75) is 19.5 Å². The fourth-order valence-corrected chi connectivity index (χ4v) is 1.74. The molecule has 0 aliphatic carbocycles. The molecule has 2 rings (SSSR count). The van der Waals surface area contributed by atoms with Gasteiger partial charge in [-0.3, -0.25) is 4.68 Å². The van der Waals surface area contributed by atoms with Gasteiger partial charge in [-0.25, -0.2) is 0 Å². The summed E-state index contributed by atoms with van der Waals surface area (Å²) < 4.78 is 3.00. The molecule has 0 aliphatic rings. The summed E-state index contributed by atoms with van der Waals surface area (Å²) in [5.41, 5.74) is 8.07. The molecule has 0 radical (unpaired) electrons. The van der Waals surface area contributed by atoms with E-state index in [4.69, 9.17) is 5.73 Å². The lowest BCUT2D eigenvalue weighted by Gasteiger charge is -2.02. The Morgan fingerprint density at radius 2 is 2.06 bits per heavy atom. The zero-order chi connectivity index (χ0) is 11.5. The molecule has 16 heavy (non-hydrogen) atoms. The zero-order valence-electron chi connectivity index (χ0n) is 9.10. The summed E-state index contributed by atoms with van der Waals surface area (Å²) in [5, 5.41) is 4.28. The van der Waals surface area contributed by atoms with Gasteiger partial charge in [0.1, 0.15) is 0 Å². The van der Waals surface area contributed by atoms with Crippen LogP contribution in [0.1, 0.15) is 24.1 Å². The van der Waals surface area contributed by atoms with E-state index in [-0.39, 0.29) is 6.04 Å². The highest BCUT2D eigenvalue weighted by molar-refractivity contribution is 9.10. The van der Waals surface area contributed by atoms with Crippen molar-refractivity contribution in [1.29, 1.82) is 0 Å². The van der Waals surface area contributed by atoms with Gasteiger partial charge in [-0.15, -0.1) is 0 Å². The van der Waals surface area contributed by atoms with Crippen molar-refractivity contribution in [1.82, 2.24) is 9.78 Å². The Bertz CT molecular complexity index is 459. The minimum Gasteiger partial charge on any atom is -0.324 e. The van der Waals surface area contributed by atoms with E-state index in [2.05, 4.69) is 33.2 Å². The molecule has 0 aliphatic heterocycles. The van der Waals surface area contributed by atoms with E-state index in [0.717, 1.165) is 16.6 Å². The van der Waals surface area contributed by atoms with Crippen molar-refractivity contribution in [3.8, 4) is 0 Å². The number of rotatable bonds is 3. The molecule has 1 heterocycles. The van der Waals surface area contributed by atoms with Crippen LogP contribution in [-0.4, -0.2) is 9.78 Å². The minimum absolute atomic E-state index is 0.0404. The van der Waals surface area contributed by atoms with Gasteiger partial charge in [0.05, 0.1) is 12.7 Å². The first-order valence-electron chi connectivity index (χ1n) is 5.17. The Labute approximate surface area is 103 Å². The SMILES string of the molecule is CC(N)c1cnn(Cc2ccc(Br)cc2)c1. The third-order valence-electron chi connectivity index (χ3n) is 2.44. The zero-order valence-corrected chi connectivity index (χ0v) is 10.7. The Balaban J connectivity index is 2.11. The number of hydrogen-bond acceptors (Lipinski definition) is 2. The maximum absolute atomic E-state index is 5.78. The first-order valence-corrected chi connectivity index (χ1v) is 5.97. The summed E-state index contributed by atoms with van der Waals surface area (Å²) in [6, 6.07) is 8.27. The molecule has 0 bridgehead atoms. The van der Waals surface area contributed by atoms with Crippen LogP contribution in [0.2, 0.25) is 0 Å². The Kier molecular flexibility index (Phi) is 3.41. The van der Waals surface area contributed by atoms with Gasteiger partial charge in [0.25, 0.3) is 0 Å². The van der Waals surface area contributed by atoms with Gasteiger partial charge in [-0.2, -0.15) is 5.10 Å². The summed E-state index contributed by atoms with van der Waals surface area (Å²) in [5.74, 6) is 0. The second-order valence-corrected chi connectivity index (χ2v) is 4.80. The second kappa shape index (κ2) is 4.80. The number of hydrogen-bond donors (Lipinski definition) is 1. The van der Waals surface area contributed by atoms with Gasteiger partial charge in [0.15, 0.2) is 0 Å². The van der Waals surface area contributed by atoms with E-state index in [0.29, 0.717) is 0 Å². The molecule has 0 fully saturated rings. The first-order chi connectivity index (χ1) is 7.65. The standard InChI is InChI=1S/C12H14BrN3/c1-9(14)11-6-15-16(8-11)7-10-2-4-12(13)5-3-10/h2-6,8-9H,7,14H2,1H3. The number of nitrogens with two attached hydrogens (primary N) is 1. The average Bonchev–Trinajstić information content (AvgIpc) is 2.70. The van der Waals surface area contributed by atoms with Crippen LogP contribution >= 0.6 is 15.9 Å². The van der Waals surface area contributed by atoms with Crippen molar-refractivity contribution in [2.24, 2.45) is 5.73 Å². The molecule has 0 spiro atoms. The maximum Gasteiger partial charge on any atom is 0.0659 e. The lowest BCUT2D eigenvalue weighted by atomic mass is 10.2. The van der Waals surface area contributed by atoms with Crippen LogP contribution in [0.25, 0.3) is 0 Å². The van der Waals surface area contributed by atoms with Crippen LogP contribution in [0.15, 0.2) is 41.1 Å². The number of nitrogens with zero attached hydrogens (tertiary/aromatic N) is 2. The molecule has 1 aromatic carbocycles. The lowest BCUT2D eigenvalue weighted by Crippen LogP contribution is -2.04. The molecular weight excluding hydrogens is 266 g/mol. The van der Waals surface area contributed by atoms with Crippen molar-refractivity contribution in [3.63, 3.8) is 0 Å². The van der Waals surface area contributed by atoms with E-state index in [1.807, 2.05) is 36.1 Å². The minimum atomic E-state index is 0.0404. The monoisotopic (exact) mass is 279 g/mol. The van der Waals surface area contributed by atoms with Crippen LogP contribution in [-0.2, 0) is 6.54 Å². The lowest BCUT2D eigenvalue weighted by molar-refractivity contribution is 0.684. The first kappa shape index (κ1) is 11.4. The summed E-state index contributed by atoms with van der Waals surface area (Å²) in [6.07, 6.45) is 3.82. The fourth-order valence-electron chi connectivity index (χ4n) is 1.48. The van der Waals surface area contributed by atoms with Crippen LogP contribution in [0.4, 0.5) is 0 Å². The summed E-state index contributed by atoms with van der Waals surface area (Å²) in [7, 11) is 0. The van der Waals surface area contributed by atoms with Crippen LogP contribution in [0.5, 0.6) is 0 Å². The molecule has 84 valence electrons. The highest BCUT2D eigenvalue weighted by atomic mass is 79.9. The summed E-state index contributed by atoms with van der Waals surface area (Å²) >= 11 is 3.42. The van der Waals surface area contributed by atoms with Crippen LogP contribution in [0.3, 0.4) is 0 Å². The van der Waals surface area contributed by atoms with E-state index >= 15 is 0 Å². The van der Waals surface area contributed by atoms with Crippen molar-refractivity contribution in [3.05, 3.63) is 52.3 Å². The molecule has 0 amide bonds. The van der Waals surface area contributed by atoms with Gasteiger partial charge in [0, 0.05) is 22.3 Å². The van der Waals surface area contributed by atoms with Crippen molar-refractivity contribution < 1.29 is 0 Å². The molecule has 3 nitrogen and oxygen atoms in total. The van der Waals surface area contributed by atoms with Gasteiger partial charge < -0.3 is 5.73 Å². The third-order valence-corrected chi connectivity index (χ3v) is 2.97. The second-order valence-electron chi connectivity index (χ2n) is 3.89. The molecular formula is C12H14BrN3. The van der Waals surface area contributed by atoms with Crippen LogP contribution < -0.4 is 5.73 Å². The highest BCUT2D eigenvalue weighted by Gasteiger charge is 2.03. The Hall–Kier alpha value is -1.13. The average molecular weight is 280 g/mol. The predicted molar refractivity (Wildman–Crippen MR) is 68.1 cm³/mol.